The summed E-state index contributed by atoms with van der Waals surface area (Å²) in [6.07, 6.45) is 7.56. The minimum atomic E-state index is 0.356. The van der Waals surface area contributed by atoms with E-state index in [9.17, 15) is 4.79 Å². The van der Waals surface area contributed by atoms with Gasteiger partial charge in [-0.05, 0) is 50.5 Å². The normalized spacial score (nSPS) is 26.0. The van der Waals surface area contributed by atoms with Gasteiger partial charge in [0.2, 0.25) is 0 Å². The standard InChI is InChI=1S/C14H27NO/c1-11(2)4-3-5-14(16)13-8-6-12(10-15)7-9-13/h11-13H,3-10,15H2,1-2H3. The fraction of sp³-hybridized carbons (Fsp3) is 0.929. The van der Waals surface area contributed by atoms with E-state index in [1.54, 1.807) is 0 Å². The molecule has 0 aliphatic heterocycles. The van der Waals surface area contributed by atoms with Crippen molar-refractivity contribution in [2.45, 2.75) is 58.8 Å². The molecule has 0 aromatic carbocycles. The van der Waals surface area contributed by atoms with Crippen LogP contribution in [0, 0.1) is 17.8 Å². The van der Waals surface area contributed by atoms with Gasteiger partial charge in [0.15, 0.2) is 0 Å². The summed E-state index contributed by atoms with van der Waals surface area (Å²) in [6, 6.07) is 0. The van der Waals surface area contributed by atoms with E-state index in [1.165, 1.54) is 6.42 Å². The van der Waals surface area contributed by atoms with Gasteiger partial charge in [-0.1, -0.05) is 20.3 Å². The number of Topliss-reactive ketones (excluding diaryl/α,β-unsaturated/α-hetero) is 1. The van der Waals surface area contributed by atoms with Gasteiger partial charge in [-0.3, -0.25) is 4.79 Å². The zero-order valence-electron chi connectivity index (χ0n) is 10.9. The third-order valence-electron chi connectivity index (χ3n) is 3.84. The van der Waals surface area contributed by atoms with Gasteiger partial charge in [0.25, 0.3) is 0 Å². The van der Waals surface area contributed by atoms with E-state index in [-0.39, 0.29) is 0 Å². The minimum absolute atomic E-state index is 0.356. The Bertz CT molecular complexity index is 205. The Kier molecular flexibility index (Phi) is 6.04. The number of rotatable bonds is 6. The topological polar surface area (TPSA) is 43.1 Å². The SMILES string of the molecule is CC(C)CCCC(=O)C1CCC(CN)CC1. The third-order valence-corrected chi connectivity index (χ3v) is 3.84. The summed E-state index contributed by atoms with van der Waals surface area (Å²) in [5.74, 6) is 2.27. The first-order valence-electron chi connectivity index (χ1n) is 6.86. The van der Waals surface area contributed by atoms with Gasteiger partial charge in [-0.25, -0.2) is 0 Å². The largest absolute Gasteiger partial charge is 0.330 e. The van der Waals surface area contributed by atoms with Crippen molar-refractivity contribution in [3.05, 3.63) is 0 Å². The van der Waals surface area contributed by atoms with Gasteiger partial charge in [-0.2, -0.15) is 0 Å². The van der Waals surface area contributed by atoms with E-state index in [0.29, 0.717) is 17.6 Å². The first-order valence-corrected chi connectivity index (χ1v) is 6.86. The zero-order valence-corrected chi connectivity index (χ0v) is 10.9. The Morgan fingerprint density at radius 3 is 2.38 bits per heavy atom. The number of nitrogens with two attached hydrogens (primary N) is 1. The maximum Gasteiger partial charge on any atom is 0.135 e. The van der Waals surface area contributed by atoms with Gasteiger partial charge in [0.05, 0.1) is 0 Å². The second kappa shape index (κ2) is 7.05. The van der Waals surface area contributed by atoms with Crippen LogP contribution in [0.5, 0.6) is 0 Å². The van der Waals surface area contributed by atoms with Gasteiger partial charge in [-0.15, -0.1) is 0 Å². The van der Waals surface area contributed by atoms with Gasteiger partial charge >= 0.3 is 0 Å². The molecule has 1 rings (SSSR count). The van der Waals surface area contributed by atoms with Gasteiger partial charge in [0.1, 0.15) is 5.78 Å². The summed E-state index contributed by atoms with van der Waals surface area (Å²) >= 11 is 0. The summed E-state index contributed by atoms with van der Waals surface area (Å²) < 4.78 is 0. The monoisotopic (exact) mass is 225 g/mol. The Labute approximate surface area is 100.0 Å². The Balaban J connectivity index is 2.18. The summed E-state index contributed by atoms with van der Waals surface area (Å²) in [7, 11) is 0. The van der Waals surface area contributed by atoms with E-state index >= 15 is 0 Å². The van der Waals surface area contributed by atoms with Crippen molar-refractivity contribution >= 4 is 5.78 Å². The smallest absolute Gasteiger partial charge is 0.135 e. The second-order valence-corrected chi connectivity index (χ2v) is 5.71. The maximum absolute atomic E-state index is 11.9. The number of hydrogen-bond acceptors (Lipinski definition) is 2. The van der Waals surface area contributed by atoms with Crippen molar-refractivity contribution in [2.75, 3.05) is 6.54 Å². The van der Waals surface area contributed by atoms with E-state index in [2.05, 4.69) is 13.8 Å². The van der Waals surface area contributed by atoms with Crippen molar-refractivity contribution in [3.8, 4) is 0 Å². The van der Waals surface area contributed by atoms with Crippen LogP contribution in [0.3, 0.4) is 0 Å². The first-order chi connectivity index (χ1) is 7.63. The Morgan fingerprint density at radius 2 is 1.88 bits per heavy atom. The van der Waals surface area contributed by atoms with E-state index < -0.39 is 0 Å². The van der Waals surface area contributed by atoms with Crippen LogP contribution in [0.15, 0.2) is 0 Å². The molecule has 16 heavy (non-hydrogen) atoms. The van der Waals surface area contributed by atoms with Crippen molar-refractivity contribution in [2.24, 2.45) is 23.5 Å². The molecule has 1 aliphatic carbocycles. The highest BCUT2D eigenvalue weighted by molar-refractivity contribution is 5.81. The molecule has 0 heterocycles. The molecule has 0 amide bonds. The molecule has 0 aromatic rings. The summed E-state index contributed by atoms with van der Waals surface area (Å²) in [6.45, 7) is 5.24. The lowest BCUT2D eigenvalue weighted by Gasteiger charge is -2.26. The molecule has 0 atom stereocenters. The molecular formula is C14H27NO. The van der Waals surface area contributed by atoms with Crippen LogP contribution in [-0.2, 0) is 4.79 Å². The number of hydrogen-bond donors (Lipinski definition) is 1. The van der Waals surface area contributed by atoms with E-state index in [0.717, 1.165) is 51.0 Å². The van der Waals surface area contributed by atoms with Crippen molar-refractivity contribution < 1.29 is 4.79 Å². The lowest BCUT2D eigenvalue weighted by atomic mass is 9.79. The Hall–Kier alpha value is -0.370. The maximum atomic E-state index is 11.9. The molecule has 1 saturated carbocycles. The summed E-state index contributed by atoms with van der Waals surface area (Å²) in [5.41, 5.74) is 5.65. The van der Waals surface area contributed by atoms with Gasteiger partial charge in [0, 0.05) is 12.3 Å². The Morgan fingerprint density at radius 1 is 1.25 bits per heavy atom. The molecule has 0 aromatic heterocycles. The van der Waals surface area contributed by atoms with Crippen molar-refractivity contribution in [1.82, 2.24) is 0 Å². The highest BCUT2D eigenvalue weighted by Crippen LogP contribution is 2.29. The third kappa shape index (κ3) is 4.65. The fourth-order valence-corrected chi connectivity index (χ4v) is 2.61. The summed E-state index contributed by atoms with van der Waals surface area (Å²) in [5, 5.41) is 0. The molecule has 0 radical (unpaired) electrons. The van der Waals surface area contributed by atoms with Crippen molar-refractivity contribution in [1.29, 1.82) is 0 Å². The average Bonchev–Trinajstić information content (AvgIpc) is 2.28. The highest BCUT2D eigenvalue weighted by atomic mass is 16.1. The van der Waals surface area contributed by atoms with Crippen LogP contribution in [0.2, 0.25) is 0 Å². The summed E-state index contributed by atoms with van der Waals surface area (Å²) in [4.78, 5) is 11.9. The molecule has 94 valence electrons. The molecular weight excluding hydrogens is 198 g/mol. The van der Waals surface area contributed by atoms with Crippen LogP contribution in [-0.4, -0.2) is 12.3 Å². The van der Waals surface area contributed by atoms with E-state index in [1.807, 2.05) is 0 Å². The van der Waals surface area contributed by atoms with Crippen molar-refractivity contribution in [3.63, 3.8) is 0 Å². The van der Waals surface area contributed by atoms with Gasteiger partial charge < -0.3 is 5.73 Å². The predicted octanol–water partition coefficient (Wildman–Crippen LogP) is 3.15. The van der Waals surface area contributed by atoms with Crippen LogP contribution in [0.25, 0.3) is 0 Å². The van der Waals surface area contributed by atoms with Crippen LogP contribution in [0.1, 0.15) is 58.8 Å². The molecule has 0 spiro atoms. The van der Waals surface area contributed by atoms with Crippen LogP contribution < -0.4 is 5.73 Å². The highest BCUT2D eigenvalue weighted by Gasteiger charge is 2.24. The predicted molar refractivity (Wildman–Crippen MR) is 68.2 cm³/mol. The zero-order chi connectivity index (χ0) is 12.0. The molecule has 2 nitrogen and oxygen atoms in total. The molecule has 0 saturated heterocycles. The second-order valence-electron chi connectivity index (χ2n) is 5.71. The fourth-order valence-electron chi connectivity index (χ4n) is 2.61. The number of carbonyl (C=O) groups excluding carboxylic acids is 1. The van der Waals surface area contributed by atoms with E-state index in [4.69, 9.17) is 5.73 Å². The number of ketones is 1. The quantitative estimate of drug-likeness (QED) is 0.754. The minimum Gasteiger partial charge on any atom is -0.330 e. The first kappa shape index (κ1) is 13.7. The van der Waals surface area contributed by atoms with Crippen LogP contribution in [0.4, 0.5) is 0 Å². The average molecular weight is 225 g/mol. The molecule has 1 fully saturated rings. The lowest BCUT2D eigenvalue weighted by molar-refractivity contribution is -0.124. The van der Waals surface area contributed by atoms with Crippen LogP contribution >= 0.6 is 0 Å². The lowest BCUT2D eigenvalue weighted by Crippen LogP contribution is -2.25. The molecule has 1 aliphatic rings. The molecule has 0 unspecified atom stereocenters. The molecule has 2 N–H and O–H groups in total. The molecule has 2 heteroatoms. The molecule has 0 bridgehead atoms. The number of carbonyl (C=O) groups is 1.